The lowest BCUT2D eigenvalue weighted by Gasteiger charge is -2.14. The number of anilines is 1. The van der Waals surface area contributed by atoms with Crippen LogP contribution >= 0.6 is 22.9 Å². The van der Waals surface area contributed by atoms with Crippen LogP contribution in [0.15, 0.2) is 59.8 Å². The molecule has 0 bridgehead atoms. The van der Waals surface area contributed by atoms with Gasteiger partial charge in [0.1, 0.15) is 6.04 Å². The van der Waals surface area contributed by atoms with E-state index >= 15 is 0 Å². The number of amides is 2. The summed E-state index contributed by atoms with van der Waals surface area (Å²) >= 11 is 6.96. The number of benzene rings is 1. The van der Waals surface area contributed by atoms with Crippen LogP contribution in [-0.2, 0) is 4.79 Å². The minimum absolute atomic E-state index is 0.251. The monoisotopic (exact) mass is 402 g/mol. The Morgan fingerprint density at radius 1 is 1.19 bits per heavy atom. The number of nitrogens with one attached hydrogen (secondary N) is 2. The predicted molar refractivity (Wildman–Crippen MR) is 105 cm³/mol. The Morgan fingerprint density at radius 3 is 2.56 bits per heavy atom. The number of halogens is 1. The van der Waals surface area contributed by atoms with Crippen LogP contribution in [0.5, 0.6) is 0 Å². The predicted octanol–water partition coefficient (Wildman–Crippen LogP) is 2.70. The number of carbonyl (C=O) groups is 2. The molecule has 1 unspecified atom stereocenters. The molecule has 2 amide bonds. The smallest absolute Gasteiger partial charge is 0.273 e. The molecular weight excluding hydrogens is 388 g/mol. The van der Waals surface area contributed by atoms with E-state index in [0.29, 0.717) is 20.6 Å². The first kappa shape index (κ1) is 18.8. The van der Waals surface area contributed by atoms with E-state index < -0.39 is 6.04 Å². The number of nitrogens with zero attached hydrogens (tertiary/aromatic N) is 2. The highest BCUT2D eigenvalue weighted by molar-refractivity contribution is 7.18. The largest absolute Gasteiger partial charge is 0.340 e. The molecule has 138 valence electrons. The molecule has 0 fully saturated rings. The molecule has 7 nitrogen and oxygen atoms in total. The molecule has 2 aromatic heterocycles. The van der Waals surface area contributed by atoms with E-state index in [2.05, 4.69) is 15.6 Å². The lowest BCUT2D eigenvalue weighted by Crippen LogP contribution is -2.41. The Kier molecular flexibility index (Phi) is 5.68. The van der Waals surface area contributed by atoms with Crippen LogP contribution in [0.4, 0.5) is 5.69 Å². The quantitative estimate of drug-likeness (QED) is 0.686. The molecule has 2 heterocycles. The molecule has 3 aromatic rings. The molecule has 9 heteroatoms. The molecule has 1 atom stereocenters. The third kappa shape index (κ3) is 4.60. The lowest BCUT2D eigenvalue weighted by atomic mass is 10.2. The highest BCUT2D eigenvalue weighted by Crippen LogP contribution is 2.21. The number of hydrogen-bond donors (Lipinski definition) is 2. The minimum atomic E-state index is -0.735. The standard InChI is InChI=1S/C18H15ClN4O3S/c1-11(21-18(26)14-6-7-15(19)27-14)17(25)22-12-2-4-13(5-3-12)23-9-8-20-10-16(23)24/h2-11H,1H3,(H,21,26)(H,22,25). The van der Waals surface area contributed by atoms with Crippen LogP contribution in [0.1, 0.15) is 16.6 Å². The van der Waals surface area contributed by atoms with Crippen molar-refractivity contribution in [1.29, 1.82) is 0 Å². The van der Waals surface area contributed by atoms with Crippen LogP contribution < -0.4 is 16.2 Å². The van der Waals surface area contributed by atoms with E-state index in [1.807, 2.05) is 0 Å². The van der Waals surface area contributed by atoms with E-state index in [0.717, 1.165) is 11.3 Å². The van der Waals surface area contributed by atoms with Crippen molar-refractivity contribution in [1.82, 2.24) is 14.9 Å². The zero-order chi connectivity index (χ0) is 19.4. The molecule has 0 saturated heterocycles. The molecule has 0 aliphatic rings. The molecule has 27 heavy (non-hydrogen) atoms. The third-order valence-electron chi connectivity index (χ3n) is 3.68. The SMILES string of the molecule is CC(NC(=O)c1ccc(Cl)s1)C(=O)Nc1ccc(-n2ccncc2=O)cc1. The second-order valence-corrected chi connectivity index (χ2v) is 7.33. The maximum absolute atomic E-state index is 12.3. The zero-order valence-electron chi connectivity index (χ0n) is 14.2. The van der Waals surface area contributed by atoms with Gasteiger partial charge >= 0.3 is 0 Å². The normalized spacial score (nSPS) is 11.6. The Labute approximate surface area is 163 Å². The highest BCUT2D eigenvalue weighted by atomic mass is 35.5. The second kappa shape index (κ2) is 8.15. The van der Waals surface area contributed by atoms with Gasteiger partial charge in [-0.1, -0.05) is 11.6 Å². The average Bonchev–Trinajstić information content (AvgIpc) is 3.09. The Balaban J connectivity index is 1.63. The summed E-state index contributed by atoms with van der Waals surface area (Å²) < 4.78 is 1.94. The summed E-state index contributed by atoms with van der Waals surface area (Å²) in [6, 6.07) is 9.25. The minimum Gasteiger partial charge on any atom is -0.340 e. The molecular formula is C18H15ClN4O3S. The highest BCUT2D eigenvalue weighted by Gasteiger charge is 2.18. The van der Waals surface area contributed by atoms with Crippen molar-refractivity contribution < 1.29 is 9.59 Å². The van der Waals surface area contributed by atoms with Crippen molar-refractivity contribution in [2.45, 2.75) is 13.0 Å². The van der Waals surface area contributed by atoms with Crippen molar-refractivity contribution >= 4 is 40.4 Å². The van der Waals surface area contributed by atoms with Crippen LogP contribution in [-0.4, -0.2) is 27.4 Å². The number of thiophene rings is 1. The fraction of sp³-hybridized carbons (Fsp3) is 0.111. The van der Waals surface area contributed by atoms with Crippen molar-refractivity contribution in [3.8, 4) is 5.69 Å². The van der Waals surface area contributed by atoms with E-state index in [9.17, 15) is 14.4 Å². The van der Waals surface area contributed by atoms with Gasteiger partial charge in [-0.3, -0.25) is 23.9 Å². The van der Waals surface area contributed by atoms with Gasteiger partial charge in [-0.2, -0.15) is 0 Å². The maximum atomic E-state index is 12.3. The maximum Gasteiger partial charge on any atom is 0.273 e. The topological polar surface area (TPSA) is 93.1 Å². The van der Waals surface area contributed by atoms with Gasteiger partial charge < -0.3 is 10.6 Å². The fourth-order valence-electron chi connectivity index (χ4n) is 2.29. The first-order chi connectivity index (χ1) is 12.9. The van der Waals surface area contributed by atoms with Gasteiger partial charge in [0.2, 0.25) is 5.91 Å². The van der Waals surface area contributed by atoms with Crippen molar-refractivity contribution in [3.05, 3.63) is 74.6 Å². The molecule has 0 spiro atoms. The van der Waals surface area contributed by atoms with Crippen LogP contribution in [0.25, 0.3) is 5.69 Å². The van der Waals surface area contributed by atoms with Gasteiger partial charge in [0.25, 0.3) is 11.5 Å². The lowest BCUT2D eigenvalue weighted by molar-refractivity contribution is -0.117. The van der Waals surface area contributed by atoms with E-state index in [-0.39, 0.29) is 17.4 Å². The number of carbonyl (C=O) groups excluding carboxylic acids is 2. The van der Waals surface area contributed by atoms with E-state index in [1.54, 1.807) is 49.5 Å². The van der Waals surface area contributed by atoms with Gasteiger partial charge in [-0.15, -0.1) is 11.3 Å². The van der Waals surface area contributed by atoms with E-state index in [1.165, 1.54) is 17.0 Å². The second-order valence-electron chi connectivity index (χ2n) is 5.62. The third-order valence-corrected chi connectivity index (χ3v) is 4.91. The number of aromatic nitrogens is 2. The number of hydrogen-bond acceptors (Lipinski definition) is 5. The molecule has 0 aliphatic heterocycles. The van der Waals surface area contributed by atoms with Crippen molar-refractivity contribution in [2.24, 2.45) is 0 Å². The molecule has 2 N–H and O–H groups in total. The summed E-state index contributed by atoms with van der Waals surface area (Å²) in [7, 11) is 0. The van der Waals surface area contributed by atoms with Crippen molar-refractivity contribution in [3.63, 3.8) is 0 Å². The summed E-state index contributed by atoms with van der Waals surface area (Å²) in [4.78, 5) is 40.3. The first-order valence-electron chi connectivity index (χ1n) is 7.94. The van der Waals surface area contributed by atoms with Crippen LogP contribution in [0.2, 0.25) is 4.34 Å². The van der Waals surface area contributed by atoms with Gasteiger partial charge in [0, 0.05) is 23.8 Å². The number of rotatable bonds is 5. The summed E-state index contributed by atoms with van der Waals surface area (Å²) in [5.74, 6) is -0.721. The zero-order valence-corrected chi connectivity index (χ0v) is 15.8. The molecule has 3 rings (SSSR count). The van der Waals surface area contributed by atoms with Gasteiger partial charge in [0.05, 0.1) is 15.4 Å². The van der Waals surface area contributed by atoms with Crippen LogP contribution in [0, 0.1) is 0 Å². The van der Waals surface area contributed by atoms with Gasteiger partial charge in [-0.05, 0) is 43.3 Å². The average molecular weight is 403 g/mol. The molecule has 0 saturated carbocycles. The Morgan fingerprint density at radius 2 is 1.93 bits per heavy atom. The Hall–Kier alpha value is -2.97. The summed E-state index contributed by atoms with van der Waals surface area (Å²) in [5.41, 5.74) is 0.946. The summed E-state index contributed by atoms with van der Waals surface area (Å²) in [6.07, 6.45) is 4.30. The fourth-order valence-corrected chi connectivity index (χ4v) is 3.23. The van der Waals surface area contributed by atoms with Gasteiger partial charge in [0.15, 0.2) is 0 Å². The van der Waals surface area contributed by atoms with Crippen molar-refractivity contribution in [2.75, 3.05) is 5.32 Å². The summed E-state index contributed by atoms with van der Waals surface area (Å²) in [5, 5.41) is 5.34. The Bertz CT molecular complexity index is 1030. The van der Waals surface area contributed by atoms with Gasteiger partial charge in [-0.25, -0.2) is 0 Å². The molecule has 0 aliphatic carbocycles. The molecule has 0 radical (unpaired) electrons. The molecule has 1 aromatic carbocycles. The van der Waals surface area contributed by atoms with E-state index in [4.69, 9.17) is 11.6 Å². The van der Waals surface area contributed by atoms with Crippen LogP contribution in [0.3, 0.4) is 0 Å². The summed E-state index contributed by atoms with van der Waals surface area (Å²) in [6.45, 7) is 1.59. The first-order valence-corrected chi connectivity index (χ1v) is 9.13.